The van der Waals surface area contributed by atoms with Crippen LogP contribution in [0.2, 0.25) is 0 Å². The minimum absolute atomic E-state index is 0.00347. The molecule has 1 aromatic heterocycles. The van der Waals surface area contributed by atoms with Crippen LogP contribution in [0.4, 0.5) is 13.2 Å². The first-order chi connectivity index (χ1) is 24.9. The van der Waals surface area contributed by atoms with Crippen molar-refractivity contribution in [3.05, 3.63) is 75.5 Å². The number of carbonyl (C=O) groups excluding carboxylic acids is 2. The molecule has 1 aliphatic heterocycles. The lowest BCUT2D eigenvalue weighted by Crippen LogP contribution is -2.55. The van der Waals surface area contributed by atoms with Gasteiger partial charge in [0.25, 0.3) is 11.5 Å². The van der Waals surface area contributed by atoms with E-state index >= 15 is 4.39 Å². The van der Waals surface area contributed by atoms with E-state index in [0.717, 1.165) is 38.5 Å². The summed E-state index contributed by atoms with van der Waals surface area (Å²) >= 11 is 0. The van der Waals surface area contributed by atoms with Gasteiger partial charge in [0.2, 0.25) is 11.8 Å². The number of rotatable bonds is 6. The largest absolute Gasteiger partial charge is 0.368 e. The Kier molecular flexibility index (Phi) is 9.02. The summed E-state index contributed by atoms with van der Waals surface area (Å²) in [5.74, 6) is -2.03. The van der Waals surface area contributed by atoms with Gasteiger partial charge in [-0.3, -0.25) is 14.4 Å². The minimum atomic E-state index is -2.52. The summed E-state index contributed by atoms with van der Waals surface area (Å²) < 4.78 is 50.2. The maximum absolute atomic E-state index is 15.0. The number of nitrogens with zero attached hydrogens (tertiary/aromatic N) is 3. The van der Waals surface area contributed by atoms with Gasteiger partial charge in [0.1, 0.15) is 12.4 Å². The number of alkyl halides is 2. The maximum atomic E-state index is 15.0. The number of ether oxygens (including phenoxy) is 1. The molecule has 52 heavy (non-hydrogen) atoms. The highest BCUT2D eigenvalue weighted by Crippen LogP contribution is 2.67. The summed E-state index contributed by atoms with van der Waals surface area (Å²) in [6.45, 7) is 5.89. The third-order valence-electron chi connectivity index (χ3n) is 14.3. The number of halogens is 3. The molecule has 1 unspecified atom stereocenters. The molecule has 5 aliphatic rings. The molecule has 4 saturated carbocycles. The molecule has 5 fully saturated rings. The van der Waals surface area contributed by atoms with E-state index in [1.54, 1.807) is 34.1 Å². The van der Waals surface area contributed by atoms with E-state index in [1.807, 2.05) is 12.1 Å². The van der Waals surface area contributed by atoms with Gasteiger partial charge in [0.05, 0.1) is 22.7 Å². The Balaban J connectivity index is 0.854. The first kappa shape index (κ1) is 35.3. The lowest BCUT2D eigenvalue weighted by Gasteiger charge is -2.61. The zero-order valence-corrected chi connectivity index (χ0v) is 30.1. The summed E-state index contributed by atoms with van der Waals surface area (Å²) in [6.07, 6.45) is 6.92. The van der Waals surface area contributed by atoms with Crippen molar-refractivity contribution in [3.63, 3.8) is 0 Å². The number of aromatic amines is 1. The Morgan fingerprint density at radius 1 is 0.885 bits per heavy atom. The van der Waals surface area contributed by atoms with E-state index in [-0.39, 0.29) is 59.3 Å². The van der Waals surface area contributed by atoms with Crippen LogP contribution in [-0.4, -0.2) is 76.6 Å². The lowest BCUT2D eigenvalue weighted by atomic mass is 9.45. The molecule has 278 valence electrons. The number of hydrogen-bond acceptors (Lipinski definition) is 5. The van der Waals surface area contributed by atoms with Gasteiger partial charge < -0.3 is 14.5 Å². The molecule has 8 nitrogen and oxygen atoms in total. The van der Waals surface area contributed by atoms with E-state index in [2.05, 4.69) is 24.0 Å². The van der Waals surface area contributed by atoms with Gasteiger partial charge >= 0.3 is 0 Å². The standard InChI is InChI=1S/C41H49F3N4O4/c1-39-15-16-41(43,44)23-26(39)8-9-29-31-10-12-35(40(31,2)14-13-32(29)39)52-24-36(49)47-17-19-48(20-18-47)38(51)30-21-25(7-11-33(30)42)22-34-27-5-3-4-6-28(27)37(50)46-45-34/h3-7,11,21,26,29,31-32,35H,8-10,12-20,22-24H2,1-2H3,(H,46,50)/t26-,29-,31-,32-,35-,39?,40-/m0/s1. The molecule has 2 amide bonds. The van der Waals surface area contributed by atoms with Crippen molar-refractivity contribution >= 4 is 22.6 Å². The molecule has 7 atom stereocenters. The van der Waals surface area contributed by atoms with Crippen molar-refractivity contribution in [2.24, 2.45) is 34.5 Å². The molecule has 8 rings (SSSR count). The van der Waals surface area contributed by atoms with Crippen molar-refractivity contribution in [2.45, 2.75) is 90.1 Å². The van der Waals surface area contributed by atoms with Crippen LogP contribution in [0.5, 0.6) is 0 Å². The van der Waals surface area contributed by atoms with Gasteiger partial charge in [-0.15, -0.1) is 0 Å². The Labute approximate surface area is 302 Å². The Morgan fingerprint density at radius 3 is 2.40 bits per heavy atom. The highest BCUT2D eigenvalue weighted by Gasteiger charge is 2.62. The number of carbonyl (C=O) groups is 2. The van der Waals surface area contributed by atoms with Crippen molar-refractivity contribution in [1.82, 2.24) is 20.0 Å². The Hall–Kier alpha value is -3.73. The Morgan fingerprint density at radius 2 is 1.62 bits per heavy atom. The van der Waals surface area contributed by atoms with E-state index in [9.17, 15) is 23.2 Å². The zero-order chi connectivity index (χ0) is 36.4. The summed E-state index contributed by atoms with van der Waals surface area (Å²) in [5, 5.41) is 7.96. The van der Waals surface area contributed by atoms with Gasteiger partial charge in [0, 0.05) is 50.8 Å². The average molecular weight is 719 g/mol. The maximum Gasteiger partial charge on any atom is 0.272 e. The molecule has 11 heteroatoms. The lowest BCUT2D eigenvalue weighted by molar-refractivity contribution is -0.171. The van der Waals surface area contributed by atoms with Crippen molar-refractivity contribution < 1.29 is 27.5 Å². The molecule has 1 saturated heterocycles. The highest BCUT2D eigenvalue weighted by atomic mass is 19.3. The van der Waals surface area contributed by atoms with Crippen LogP contribution in [0, 0.1) is 40.3 Å². The normalized spacial score (nSPS) is 32.6. The van der Waals surface area contributed by atoms with Crippen LogP contribution in [0.15, 0.2) is 47.3 Å². The number of H-pyrrole nitrogens is 1. The van der Waals surface area contributed by atoms with E-state index in [4.69, 9.17) is 4.74 Å². The fourth-order valence-electron chi connectivity index (χ4n) is 11.3. The number of amides is 2. The second-order valence-electron chi connectivity index (χ2n) is 16.8. The number of fused-ring (bicyclic) bond motifs is 6. The molecule has 0 spiro atoms. The predicted molar refractivity (Wildman–Crippen MR) is 190 cm³/mol. The monoisotopic (exact) mass is 718 g/mol. The van der Waals surface area contributed by atoms with Gasteiger partial charge in [0.15, 0.2) is 0 Å². The van der Waals surface area contributed by atoms with Crippen LogP contribution >= 0.6 is 0 Å². The fraction of sp³-hybridized carbons (Fsp3) is 0.610. The molecule has 0 radical (unpaired) electrons. The highest BCUT2D eigenvalue weighted by molar-refractivity contribution is 5.95. The predicted octanol–water partition coefficient (Wildman–Crippen LogP) is 7.00. The first-order valence-corrected chi connectivity index (χ1v) is 19.2. The topological polar surface area (TPSA) is 95.6 Å². The zero-order valence-electron chi connectivity index (χ0n) is 30.1. The fourth-order valence-corrected chi connectivity index (χ4v) is 11.3. The van der Waals surface area contributed by atoms with Gasteiger partial charge in [-0.2, -0.15) is 5.10 Å². The molecule has 0 bridgehead atoms. The summed E-state index contributed by atoms with van der Waals surface area (Å²) in [4.78, 5) is 42.4. The molecule has 2 aromatic carbocycles. The van der Waals surface area contributed by atoms with E-state index in [1.165, 1.54) is 6.07 Å². The van der Waals surface area contributed by atoms with Crippen LogP contribution < -0.4 is 5.56 Å². The smallest absolute Gasteiger partial charge is 0.272 e. The van der Waals surface area contributed by atoms with Crippen molar-refractivity contribution in [3.8, 4) is 0 Å². The number of hydrogen-bond donors (Lipinski definition) is 1. The van der Waals surface area contributed by atoms with Crippen LogP contribution in [-0.2, 0) is 16.0 Å². The SMILES string of the molecule is CC12CCC(F)(F)C[C@@H]1CC[C@@H]1[C@@H]2CC[C@]2(C)[C@@H](OCC(=O)N3CCN(C(=O)c4cc(Cc5n[nH]c(=O)c6ccccc56)ccc4F)CC3)CC[C@@H]12. The van der Waals surface area contributed by atoms with Crippen molar-refractivity contribution in [1.29, 1.82) is 0 Å². The van der Waals surface area contributed by atoms with Crippen LogP contribution in [0.1, 0.15) is 93.3 Å². The van der Waals surface area contributed by atoms with E-state index in [0.29, 0.717) is 78.8 Å². The Bertz CT molecular complexity index is 1930. The third kappa shape index (κ3) is 6.14. The second kappa shape index (κ2) is 13.3. The molecule has 2 heterocycles. The summed E-state index contributed by atoms with van der Waals surface area (Å²) in [7, 11) is 0. The summed E-state index contributed by atoms with van der Waals surface area (Å²) in [5.41, 5.74) is 0.979. The second-order valence-corrected chi connectivity index (χ2v) is 16.8. The van der Waals surface area contributed by atoms with Crippen LogP contribution in [0.25, 0.3) is 10.8 Å². The molecule has 4 aliphatic carbocycles. The minimum Gasteiger partial charge on any atom is -0.368 e. The van der Waals surface area contributed by atoms with Gasteiger partial charge in [-0.05, 0) is 103 Å². The van der Waals surface area contributed by atoms with Crippen molar-refractivity contribution in [2.75, 3.05) is 32.8 Å². The molecular formula is C41H49F3N4O4. The van der Waals surface area contributed by atoms with Gasteiger partial charge in [-0.1, -0.05) is 38.1 Å². The molecule has 1 N–H and O–H groups in total. The van der Waals surface area contributed by atoms with E-state index < -0.39 is 17.6 Å². The first-order valence-electron chi connectivity index (χ1n) is 19.2. The average Bonchev–Trinajstić information content (AvgIpc) is 3.48. The quantitative estimate of drug-likeness (QED) is 0.296. The summed E-state index contributed by atoms with van der Waals surface area (Å²) in [6, 6.07) is 11.6. The molecule has 3 aromatic rings. The number of nitrogens with one attached hydrogen (secondary N) is 1. The number of piperazine rings is 1. The number of benzene rings is 2. The number of aromatic nitrogens is 2. The van der Waals surface area contributed by atoms with Crippen LogP contribution in [0.3, 0.4) is 0 Å². The molecular weight excluding hydrogens is 669 g/mol. The van der Waals surface area contributed by atoms with Gasteiger partial charge in [-0.25, -0.2) is 18.3 Å². The third-order valence-corrected chi connectivity index (χ3v) is 14.3.